The third-order valence-corrected chi connectivity index (χ3v) is 8.78. The number of esters is 1. The van der Waals surface area contributed by atoms with E-state index in [2.05, 4.69) is 57.2 Å². The van der Waals surface area contributed by atoms with E-state index in [9.17, 15) is 49.1 Å². The van der Waals surface area contributed by atoms with Gasteiger partial charge in [0.2, 0.25) is 0 Å². The lowest BCUT2D eigenvalue weighted by molar-refractivity contribution is -0.274. The van der Waals surface area contributed by atoms with Gasteiger partial charge in [-0.2, -0.15) is 26.3 Å². The van der Waals surface area contributed by atoms with Crippen molar-refractivity contribution in [2.45, 2.75) is 39.2 Å². The zero-order valence-corrected chi connectivity index (χ0v) is 32.3. The molecule has 10 nitrogen and oxygen atoms in total. The molecular formula is C33H25Br2F9N4O6S. The van der Waals surface area contributed by atoms with Crippen molar-refractivity contribution in [3.8, 4) is 5.75 Å². The Kier molecular flexibility index (Phi) is 15.2. The summed E-state index contributed by atoms with van der Waals surface area (Å²) in [4.78, 5) is 36.8. The van der Waals surface area contributed by atoms with Crippen molar-refractivity contribution >= 4 is 72.2 Å². The molecule has 0 radical (unpaired) electrons. The van der Waals surface area contributed by atoms with Crippen molar-refractivity contribution < 1.29 is 68.3 Å². The molecule has 0 aliphatic carbocycles. The maximum atomic E-state index is 13.0. The molecule has 1 aromatic heterocycles. The molecule has 0 atom stereocenters. The van der Waals surface area contributed by atoms with Crippen LogP contribution in [-0.2, 0) is 38.2 Å². The third kappa shape index (κ3) is 12.9. The number of hydrogen-bond donors (Lipinski definition) is 1. The monoisotopic (exact) mass is 934 g/mol. The maximum Gasteiger partial charge on any atom is 0.573 e. The number of benzene rings is 3. The quantitative estimate of drug-likeness (QED) is 0.0728. The number of methoxy groups -OCH3 is 1. The highest BCUT2D eigenvalue weighted by molar-refractivity contribution is 9.11. The van der Waals surface area contributed by atoms with Gasteiger partial charge in [-0.1, -0.05) is 46.7 Å². The number of carbonyl (C=O) groups excluding carboxylic acids is 2. The molecule has 1 heterocycles. The zero-order valence-electron chi connectivity index (χ0n) is 28.3. The number of nitrogens with zero attached hydrogens (tertiary/aromatic N) is 3. The number of nitrogens with one attached hydrogen (secondary N) is 1. The van der Waals surface area contributed by atoms with Gasteiger partial charge in [0, 0.05) is 20.1 Å². The SMILES string of the molecule is CO/N=C(/C(=O)OC)c1ccccc1CO/N=C(\C)c1cccc(C(F)(F)F)c1.Cc1nc(C(F)(F)F)c(C(=O)Nc2c(Br)cc(OC(F)(F)F)cc2Br)s1. The molecule has 0 unspecified atom stereocenters. The minimum atomic E-state index is -4.93. The van der Waals surface area contributed by atoms with Crippen LogP contribution in [0.3, 0.4) is 0 Å². The van der Waals surface area contributed by atoms with E-state index in [4.69, 9.17) is 14.4 Å². The van der Waals surface area contributed by atoms with Crippen LogP contribution < -0.4 is 10.1 Å². The number of rotatable bonds is 10. The molecule has 22 heteroatoms. The first kappa shape index (κ1) is 44.7. The predicted octanol–water partition coefficient (Wildman–Crippen LogP) is 10.3. The molecule has 0 fully saturated rings. The summed E-state index contributed by atoms with van der Waals surface area (Å²) in [5.74, 6) is -2.38. The van der Waals surface area contributed by atoms with Crippen LogP contribution in [0.2, 0.25) is 0 Å². The average Bonchev–Trinajstić information content (AvgIpc) is 3.50. The summed E-state index contributed by atoms with van der Waals surface area (Å²) in [7, 11) is 2.51. The average molecular weight is 936 g/mol. The molecule has 4 aromatic rings. The van der Waals surface area contributed by atoms with Crippen LogP contribution in [0.15, 0.2) is 79.9 Å². The summed E-state index contributed by atoms with van der Waals surface area (Å²) in [6.45, 7) is 2.80. The summed E-state index contributed by atoms with van der Waals surface area (Å²) in [5, 5.41) is 9.83. The van der Waals surface area contributed by atoms with Gasteiger partial charge < -0.3 is 24.5 Å². The fourth-order valence-electron chi connectivity index (χ4n) is 4.24. The van der Waals surface area contributed by atoms with Crippen LogP contribution in [-0.4, -0.2) is 48.9 Å². The second-order valence-corrected chi connectivity index (χ2v) is 13.4. The van der Waals surface area contributed by atoms with Crippen LogP contribution in [0, 0.1) is 6.92 Å². The van der Waals surface area contributed by atoms with E-state index < -0.39 is 52.5 Å². The van der Waals surface area contributed by atoms with E-state index in [1.165, 1.54) is 40.2 Å². The molecule has 0 spiro atoms. The Hall–Kier alpha value is -4.70. The topological polar surface area (TPSA) is 121 Å². The zero-order chi connectivity index (χ0) is 41.3. The summed E-state index contributed by atoms with van der Waals surface area (Å²) in [5.41, 5.74) is -0.675. The number of aryl methyl sites for hydroxylation is 1. The van der Waals surface area contributed by atoms with Gasteiger partial charge in [0.15, 0.2) is 11.4 Å². The fraction of sp³-hybridized carbons (Fsp3) is 0.242. The van der Waals surface area contributed by atoms with Gasteiger partial charge in [0.1, 0.15) is 24.3 Å². The summed E-state index contributed by atoms with van der Waals surface area (Å²) >= 11 is 6.43. The van der Waals surface area contributed by atoms with Crippen LogP contribution in [0.1, 0.15) is 49.6 Å². The fourth-order valence-corrected chi connectivity index (χ4v) is 6.42. The highest BCUT2D eigenvalue weighted by atomic mass is 79.9. The molecule has 3 aromatic carbocycles. The highest BCUT2D eigenvalue weighted by Crippen LogP contribution is 2.39. The molecule has 0 aliphatic heterocycles. The Labute approximate surface area is 326 Å². The Morgan fingerprint density at radius 2 is 1.51 bits per heavy atom. The number of hydrogen-bond acceptors (Lipinski definition) is 10. The van der Waals surface area contributed by atoms with Gasteiger partial charge >= 0.3 is 24.7 Å². The molecule has 0 saturated carbocycles. The number of halogens is 11. The molecule has 1 N–H and O–H groups in total. The smallest absolute Gasteiger partial charge is 0.464 e. The first-order valence-corrected chi connectivity index (χ1v) is 17.2. The first-order chi connectivity index (χ1) is 25.5. The summed E-state index contributed by atoms with van der Waals surface area (Å²) in [6.07, 6.45) is -14.2. The minimum Gasteiger partial charge on any atom is -0.464 e. The van der Waals surface area contributed by atoms with E-state index in [0.29, 0.717) is 22.5 Å². The molecule has 0 bridgehead atoms. The standard InChI is InChI=1S/C20H19F3N2O4.C13H6Br2F6N2O2S/c1-13(14-8-6-9-16(11-14)20(21,22)23)24-29-12-15-7-4-5-10-17(15)18(25-28-3)19(26)27-2;1-4-22-10(12(16,17)18)9(26-4)11(24)23-8-6(14)2-5(3-7(8)15)25-13(19,20)21/h4-11H,12H2,1-3H3;2-3H,1H3,(H,23,24)/b24-13+,25-18+;. The second-order valence-electron chi connectivity index (χ2n) is 10.5. The normalized spacial score (nSPS) is 12.3. The Morgan fingerprint density at radius 1 is 0.873 bits per heavy atom. The van der Waals surface area contributed by atoms with Crippen molar-refractivity contribution in [2.24, 2.45) is 10.3 Å². The van der Waals surface area contributed by atoms with Crippen LogP contribution >= 0.6 is 43.2 Å². The summed E-state index contributed by atoms with van der Waals surface area (Å²) < 4.78 is 123. The lowest BCUT2D eigenvalue weighted by atomic mass is 10.0. The van der Waals surface area contributed by atoms with Crippen molar-refractivity contribution in [1.29, 1.82) is 0 Å². The predicted molar refractivity (Wildman–Crippen MR) is 189 cm³/mol. The number of alkyl halides is 9. The van der Waals surface area contributed by atoms with Crippen LogP contribution in [0.5, 0.6) is 5.75 Å². The van der Waals surface area contributed by atoms with Crippen LogP contribution in [0.25, 0.3) is 0 Å². The second kappa shape index (κ2) is 18.8. The van der Waals surface area contributed by atoms with Crippen molar-refractivity contribution in [2.75, 3.05) is 19.5 Å². The molecule has 0 saturated heterocycles. The highest BCUT2D eigenvalue weighted by Gasteiger charge is 2.39. The number of aromatic nitrogens is 1. The minimum absolute atomic E-state index is 0.0331. The van der Waals surface area contributed by atoms with Crippen molar-refractivity contribution in [3.05, 3.63) is 107 Å². The van der Waals surface area contributed by atoms with Crippen molar-refractivity contribution in [3.63, 3.8) is 0 Å². The molecule has 55 heavy (non-hydrogen) atoms. The third-order valence-electron chi connectivity index (χ3n) is 6.56. The van der Waals surface area contributed by atoms with E-state index in [1.807, 2.05) is 0 Å². The summed E-state index contributed by atoms with van der Waals surface area (Å²) in [6, 6.07) is 13.4. The maximum absolute atomic E-state index is 13.0. The molecule has 0 aliphatic rings. The van der Waals surface area contributed by atoms with Gasteiger partial charge in [-0.25, -0.2) is 9.78 Å². The van der Waals surface area contributed by atoms with Crippen LogP contribution in [0.4, 0.5) is 45.2 Å². The van der Waals surface area contributed by atoms with E-state index >= 15 is 0 Å². The number of amides is 1. The van der Waals surface area contributed by atoms with Gasteiger partial charge in [-0.05, 0) is 75.5 Å². The van der Waals surface area contributed by atoms with Gasteiger partial charge in [0.05, 0.1) is 29.1 Å². The lowest BCUT2D eigenvalue weighted by Crippen LogP contribution is -2.19. The van der Waals surface area contributed by atoms with E-state index in [0.717, 1.165) is 24.3 Å². The Bertz CT molecular complexity index is 2050. The largest absolute Gasteiger partial charge is 0.573 e. The molecule has 296 valence electrons. The number of anilines is 1. The molecule has 1 amide bonds. The Balaban J connectivity index is 0.000000297. The van der Waals surface area contributed by atoms with Gasteiger partial charge in [-0.15, -0.1) is 24.5 Å². The molecule has 4 rings (SSSR count). The van der Waals surface area contributed by atoms with Gasteiger partial charge in [0.25, 0.3) is 5.91 Å². The van der Waals surface area contributed by atoms with Gasteiger partial charge in [-0.3, -0.25) is 4.79 Å². The Morgan fingerprint density at radius 3 is 2.07 bits per heavy atom. The van der Waals surface area contributed by atoms with E-state index in [1.54, 1.807) is 24.3 Å². The number of carbonyl (C=O) groups is 2. The van der Waals surface area contributed by atoms with E-state index in [-0.39, 0.29) is 43.2 Å². The first-order valence-electron chi connectivity index (χ1n) is 14.8. The molecular weight excluding hydrogens is 911 g/mol. The number of thiazole rings is 1. The lowest BCUT2D eigenvalue weighted by Gasteiger charge is -2.14. The number of oxime groups is 2. The van der Waals surface area contributed by atoms with Crippen molar-refractivity contribution in [1.82, 2.24) is 4.98 Å². The number of ether oxygens (including phenoxy) is 2.